The maximum atomic E-state index is 9.81. The third kappa shape index (κ3) is 6.15. The first-order valence-electron chi connectivity index (χ1n) is 2.09. The number of hydrogen-bond acceptors (Lipinski definition) is 2. The molecule has 3 nitrogen and oxygen atoms in total. The zero-order valence-electron chi connectivity index (χ0n) is 4.13. The van der Waals surface area contributed by atoms with E-state index in [-0.39, 0.29) is 6.16 Å². The van der Waals surface area contributed by atoms with Crippen LogP contribution in [-0.2, 0) is 4.57 Å². The Balaban J connectivity index is 3.36. The van der Waals surface area contributed by atoms with Gasteiger partial charge in [-0.2, -0.15) is 0 Å². The van der Waals surface area contributed by atoms with Crippen molar-refractivity contribution in [1.82, 2.24) is 0 Å². The van der Waals surface area contributed by atoms with E-state index in [4.69, 9.17) is 4.89 Å². The molecule has 0 aliphatic rings. The maximum absolute atomic E-state index is 9.81. The highest BCUT2D eigenvalue weighted by Crippen LogP contribution is 2.28. The van der Waals surface area contributed by atoms with Crippen molar-refractivity contribution >= 4 is 7.60 Å². The van der Waals surface area contributed by atoms with Gasteiger partial charge in [-0.15, -0.1) is 0 Å². The molecular weight excluding hydrogens is 115 g/mol. The van der Waals surface area contributed by atoms with E-state index in [1.54, 1.807) is 6.92 Å². The van der Waals surface area contributed by atoms with Gasteiger partial charge in [0, 0.05) is 6.16 Å². The Morgan fingerprint density at radius 2 is 2.29 bits per heavy atom. The molecule has 0 amide bonds. The summed E-state index contributed by atoms with van der Waals surface area (Å²) in [6.07, 6.45) is 0.379. The molecular formula is C3H8O3P-. The highest BCUT2D eigenvalue weighted by molar-refractivity contribution is 7.50. The normalized spacial score (nSPS) is 18.7. The van der Waals surface area contributed by atoms with Crippen LogP contribution in [0.15, 0.2) is 0 Å². The van der Waals surface area contributed by atoms with Gasteiger partial charge in [0.05, 0.1) is 0 Å². The fourth-order valence-electron chi connectivity index (χ4n) is 0.283. The summed E-state index contributed by atoms with van der Waals surface area (Å²) in [6, 6.07) is 0. The standard InChI is InChI=1S/C3H9O3P/c1-2-3-7(4,5)6/h2-3H2,1H3,(H2,4,5,6)/p-1. The quantitative estimate of drug-likeness (QED) is 0.523. The second kappa shape index (κ2) is 2.46. The summed E-state index contributed by atoms with van der Waals surface area (Å²) in [4.78, 5) is 17.8. The third-order valence-corrected chi connectivity index (χ3v) is 1.52. The van der Waals surface area contributed by atoms with E-state index in [2.05, 4.69) is 0 Å². The molecule has 0 aromatic carbocycles. The molecule has 1 atom stereocenters. The van der Waals surface area contributed by atoms with Crippen molar-refractivity contribution < 1.29 is 14.4 Å². The first-order chi connectivity index (χ1) is 3.06. The molecule has 1 N–H and O–H groups in total. The van der Waals surface area contributed by atoms with E-state index in [1.165, 1.54) is 0 Å². The van der Waals surface area contributed by atoms with Gasteiger partial charge < -0.3 is 14.4 Å². The SMILES string of the molecule is CCCP(=O)([O-])O. The lowest BCUT2D eigenvalue weighted by Crippen LogP contribution is -2.01. The largest absolute Gasteiger partial charge is 0.779 e. The summed E-state index contributed by atoms with van der Waals surface area (Å²) < 4.78 is 9.81. The second-order valence-electron chi connectivity index (χ2n) is 1.36. The maximum Gasteiger partial charge on any atom is 0.132 e. The van der Waals surface area contributed by atoms with Crippen molar-refractivity contribution in [3.63, 3.8) is 0 Å². The minimum absolute atomic E-state index is 0.104. The Morgan fingerprint density at radius 3 is 2.29 bits per heavy atom. The smallest absolute Gasteiger partial charge is 0.132 e. The first kappa shape index (κ1) is 7.15. The topological polar surface area (TPSA) is 60.4 Å². The highest BCUT2D eigenvalue weighted by Gasteiger charge is 1.95. The zero-order chi connectivity index (χ0) is 5.91. The molecule has 0 aromatic rings. The molecule has 0 bridgehead atoms. The predicted octanol–water partition coefficient (Wildman–Crippen LogP) is -0.0579. The van der Waals surface area contributed by atoms with Crippen LogP contribution in [-0.4, -0.2) is 11.1 Å². The molecule has 0 heterocycles. The third-order valence-electron chi connectivity index (χ3n) is 0.506. The number of hydrogen-bond donors (Lipinski definition) is 1. The Kier molecular flexibility index (Phi) is 2.51. The second-order valence-corrected chi connectivity index (χ2v) is 3.08. The van der Waals surface area contributed by atoms with Crippen molar-refractivity contribution in [3.05, 3.63) is 0 Å². The molecule has 44 valence electrons. The molecule has 0 aromatic heterocycles. The van der Waals surface area contributed by atoms with Crippen molar-refractivity contribution in [1.29, 1.82) is 0 Å². The van der Waals surface area contributed by atoms with E-state index in [1.807, 2.05) is 0 Å². The van der Waals surface area contributed by atoms with Gasteiger partial charge in [0.25, 0.3) is 0 Å². The van der Waals surface area contributed by atoms with Crippen molar-refractivity contribution in [2.75, 3.05) is 6.16 Å². The molecule has 0 fully saturated rings. The van der Waals surface area contributed by atoms with E-state index in [0.29, 0.717) is 6.42 Å². The summed E-state index contributed by atoms with van der Waals surface area (Å²) in [6.45, 7) is 1.70. The Hall–Kier alpha value is 0.150. The predicted molar refractivity (Wildman–Crippen MR) is 25.0 cm³/mol. The van der Waals surface area contributed by atoms with Crippen molar-refractivity contribution in [2.24, 2.45) is 0 Å². The van der Waals surface area contributed by atoms with Crippen LogP contribution in [0, 0.1) is 0 Å². The Morgan fingerprint density at radius 1 is 1.86 bits per heavy atom. The molecule has 4 heteroatoms. The highest BCUT2D eigenvalue weighted by atomic mass is 31.2. The molecule has 1 unspecified atom stereocenters. The fourth-order valence-corrected chi connectivity index (χ4v) is 0.848. The van der Waals surface area contributed by atoms with E-state index in [9.17, 15) is 9.46 Å². The average molecular weight is 123 g/mol. The van der Waals surface area contributed by atoms with Gasteiger partial charge in [-0.25, -0.2) is 0 Å². The van der Waals surface area contributed by atoms with Gasteiger partial charge in [-0.3, -0.25) is 0 Å². The Labute approximate surface area is 42.5 Å². The van der Waals surface area contributed by atoms with Gasteiger partial charge in [0.15, 0.2) is 0 Å². The molecule has 7 heavy (non-hydrogen) atoms. The van der Waals surface area contributed by atoms with E-state index in [0.717, 1.165) is 0 Å². The molecule has 0 aliphatic carbocycles. The lowest BCUT2D eigenvalue weighted by atomic mass is 10.6. The van der Waals surface area contributed by atoms with Gasteiger partial charge in [0.1, 0.15) is 7.60 Å². The van der Waals surface area contributed by atoms with Crippen molar-refractivity contribution in [2.45, 2.75) is 13.3 Å². The average Bonchev–Trinajstić information content (AvgIpc) is 1.30. The van der Waals surface area contributed by atoms with Crippen molar-refractivity contribution in [3.8, 4) is 0 Å². The van der Waals surface area contributed by atoms with Gasteiger partial charge >= 0.3 is 0 Å². The summed E-state index contributed by atoms with van der Waals surface area (Å²) in [5.41, 5.74) is 0. The van der Waals surface area contributed by atoms with Crippen LogP contribution < -0.4 is 4.89 Å². The lowest BCUT2D eigenvalue weighted by molar-refractivity contribution is -0.193. The molecule has 0 radical (unpaired) electrons. The van der Waals surface area contributed by atoms with Gasteiger partial charge in [-0.1, -0.05) is 6.92 Å². The molecule has 0 spiro atoms. The van der Waals surface area contributed by atoms with E-state index >= 15 is 0 Å². The zero-order valence-corrected chi connectivity index (χ0v) is 5.02. The molecule has 0 rings (SSSR count). The number of rotatable bonds is 2. The van der Waals surface area contributed by atoms with Crippen LogP contribution in [0.4, 0.5) is 0 Å². The van der Waals surface area contributed by atoms with Gasteiger partial charge in [-0.05, 0) is 6.42 Å². The van der Waals surface area contributed by atoms with Crippen LogP contribution in [0.1, 0.15) is 13.3 Å². The summed E-state index contributed by atoms with van der Waals surface area (Å²) >= 11 is 0. The fraction of sp³-hybridized carbons (Fsp3) is 1.00. The van der Waals surface area contributed by atoms with Crippen LogP contribution in [0.25, 0.3) is 0 Å². The molecule has 0 aliphatic heterocycles. The summed E-state index contributed by atoms with van der Waals surface area (Å²) in [5.74, 6) is 0. The minimum Gasteiger partial charge on any atom is -0.779 e. The summed E-state index contributed by atoms with van der Waals surface area (Å²) in [7, 11) is -3.92. The van der Waals surface area contributed by atoms with Crippen LogP contribution in [0.2, 0.25) is 0 Å². The molecule has 0 saturated heterocycles. The van der Waals surface area contributed by atoms with Crippen LogP contribution in [0.5, 0.6) is 0 Å². The van der Waals surface area contributed by atoms with Crippen LogP contribution in [0.3, 0.4) is 0 Å². The van der Waals surface area contributed by atoms with Crippen LogP contribution >= 0.6 is 7.60 Å². The molecule has 0 saturated carbocycles. The first-order valence-corrected chi connectivity index (χ1v) is 3.85. The lowest BCUT2D eigenvalue weighted by Gasteiger charge is -2.12. The minimum atomic E-state index is -3.92. The Bertz CT molecular complexity index is 84.2. The monoisotopic (exact) mass is 123 g/mol. The van der Waals surface area contributed by atoms with E-state index < -0.39 is 7.60 Å². The summed E-state index contributed by atoms with van der Waals surface area (Å²) in [5, 5.41) is 0. The van der Waals surface area contributed by atoms with Gasteiger partial charge in [0.2, 0.25) is 0 Å².